The van der Waals surface area contributed by atoms with Gasteiger partial charge in [0.15, 0.2) is 4.60 Å². The molecule has 1 aromatic carbocycles. The number of hydrogen-bond acceptors (Lipinski definition) is 4. The molecule has 10 heteroatoms. The van der Waals surface area contributed by atoms with Crippen molar-refractivity contribution >= 4 is 26.0 Å². The van der Waals surface area contributed by atoms with E-state index in [2.05, 4.69) is 31.0 Å². The maximum absolute atomic E-state index is 13.7. The molecule has 0 saturated carbocycles. The fourth-order valence-corrected chi connectivity index (χ4v) is 4.19. The zero-order chi connectivity index (χ0) is 15.8. The average molecular weight is 381 g/mol. The predicted octanol–water partition coefficient (Wildman–Crippen LogP) is 1.90. The van der Waals surface area contributed by atoms with Gasteiger partial charge in [-0.25, -0.2) is 26.6 Å². The first-order chi connectivity index (χ1) is 9.74. The topological polar surface area (TPSA) is 76.9 Å². The minimum Gasteiger partial charge on any atom is -0.235 e. The molecule has 6 nitrogen and oxygen atoms in total. The molecule has 0 aliphatic carbocycles. The number of sulfonamides is 1. The Morgan fingerprint density at radius 2 is 1.90 bits per heavy atom. The summed E-state index contributed by atoms with van der Waals surface area (Å²) in [5, 5.41) is 6.88. The van der Waals surface area contributed by atoms with Crippen LogP contribution in [0, 0.1) is 11.6 Å². The molecule has 0 bridgehead atoms. The largest absolute Gasteiger partial charge is 0.261 e. The molecule has 0 saturated heterocycles. The van der Waals surface area contributed by atoms with Crippen LogP contribution in [0.5, 0.6) is 0 Å². The molecule has 0 radical (unpaired) electrons. The summed E-state index contributed by atoms with van der Waals surface area (Å²) < 4.78 is 55.1. The summed E-state index contributed by atoms with van der Waals surface area (Å²) in [5.41, 5.74) is -0.354. The lowest BCUT2D eigenvalue weighted by atomic mass is 10.1. The smallest absolute Gasteiger partial charge is 0.235 e. The lowest BCUT2D eigenvalue weighted by molar-refractivity contribution is 0.510. The Hall–Kier alpha value is -1.39. The first kappa shape index (κ1) is 16.0. The van der Waals surface area contributed by atoms with E-state index in [1.165, 1.54) is 20.0 Å². The van der Waals surface area contributed by atoms with Crippen molar-refractivity contribution in [3.8, 4) is 0 Å². The third-order valence-corrected chi connectivity index (χ3v) is 5.18. The van der Waals surface area contributed by atoms with Crippen LogP contribution in [0.25, 0.3) is 0 Å². The molecular weight excluding hydrogens is 370 g/mol. The van der Waals surface area contributed by atoms with E-state index in [-0.39, 0.29) is 15.2 Å². The van der Waals surface area contributed by atoms with Gasteiger partial charge in [0.1, 0.15) is 11.6 Å². The monoisotopic (exact) mass is 380 g/mol. The molecule has 21 heavy (non-hydrogen) atoms. The molecule has 0 amide bonds. The van der Waals surface area contributed by atoms with Crippen molar-refractivity contribution in [3.05, 3.63) is 40.0 Å². The molecule has 0 spiro atoms. The Balaban J connectivity index is 2.38. The Morgan fingerprint density at radius 3 is 2.38 bits per heavy atom. The average Bonchev–Trinajstić information content (AvgIpc) is 2.68. The van der Waals surface area contributed by atoms with Crippen molar-refractivity contribution in [1.82, 2.24) is 19.7 Å². The molecule has 2 rings (SSSR count). The third-order valence-electron chi connectivity index (χ3n) is 2.76. The van der Waals surface area contributed by atoms with E-state index in [1.54, 1.807) is 0 Å². The van der Waals surface area contributed by atoms with Crippen LogP contribution in [0.2, 0.25) is 0 Å². The molecule has 1 heterocycles. The van der Waals surface area contributed by atoms with E-state index in [4.69, 9.17) is 0 Å². The lowest BCUT2D eigenvalue weighted by Crippen LogP contribution is -2.30. The van der Waals surface area contributed by atoms with E-state index in [1.807, 2.05) is 0 Å². The normalized spacial score (nSPS) is 13.4. The summed E-state index contributed by atoms with van der Waals surface area (Å²) >= 11 is 2.97. The maximum atomic E-state index is 13.7. The quantitative estimate of drug-likeness (QED) is 0.878. The number of aromatic nitrogens is 3. The standard InChI is InChI=1S/C11H11BrF2N4O2S/c1-6(9-7(13)4-3-5-8(9)14)16-21(19,20)11-10(12)15-17-18(11)2/h3-6,16H,1-2H3. The minimum absolute atomic E-state index is 0.0127. The van der Waals surface area contributed by atoms with Crippen molar-refractivity contribution in [1.29, 1.82) is 0 Å². The van der Waals surface area contributed by atoms with Gasteiger partial charge in [0.05, 0.1) is 6.04 Å². The first-order valence-electron chi connectivity index (χ1n) is 5.75. The summed E-state index contributed by atoms with van der Waals surface area (Å²) in [6, 6.07) is 2.23. The highest BCUT2D eigenvalue weighted by Crippen LogP contribution is 2.24. The second-order valence-electron chi connectivity index (χ2n) is 4.29. The Labute approximate surface area is 128 Å². The summed E-state index contributed by atoms with van der Waals surface area (Å²) in [5.74, 6) is -1.65. The van der Waals surface area contributed by atoms with Gasteiger partial charge < -0.3 is 0 Å². The van der Waals surface area contributed by atoms with Crippen LogP contribution < -0.4 is 4.72 Å². The molecule has 0 aliphatic rings. The second kappa shape index (κ2) is 5.78. The van der Waals surface area contributed by atoms with Crippen LogP contribution in [-0.4, -0.2) is 23.4 Å². The van der Waals surface area contributed by atoms with Gasteiger partial charge in [-0.1, -0.05) is 11.3 Å². The SMILES string of the molecule is CC(NS(=O)(=O)c1c(Br)nnn1C)c1c(F)cccc1F. The number of benzene rings is 1. The van der Waals surface area contributed by atoms with Crippen LogP contribution >= 0.6 is 15.9 Å². The van der Waals surface area contributed by atoms with Crippen LogP contribution in [0.15, 0.2) is 27.8 Å². The molecule has 1 N–H and O–H groups in total. The minimum atomic E-state index is -4.05. The fraction of sp³-hybridized carbons (Fsp3) is 0.273. The molecule has 1 atom stereocenters. The van der Waals surface area contributed by atoms with Crippen LogP contribution in [0.4, 0.5) is 8.78 Å². The van der Waals surface area contributed by atoms with Crippen molar-refractivity contribution in [2.24, 2.45) is 7.05 Å². The lowest BCUT2D eigenvalue weighted by Gasteiger charge is -2.15. The number of aryl methyl sites for hydroxylation is 1. The molecule has 1 unspecified atom stereocenters. The molecule has 0 aliphatic heterocycles. The molecular formula is C11H11BrF2N4O2S. The van der Waals surface area contributed by atoms with Gasteiger partial charge in [-0.3, -0.25) is 0 Å². The summed E-state index contributed by atoms with van der Waals surface area (Å²) in [6.45, 7) is 1.34. The van der Waals surface area contributed by atoms with E-state index < -0.39 is 27.7 Å². The predicted molar refractivity (Wildman–Crippen MR) is 73.8 cm³/mol. The highest BCUT2D eigenvalue weighted by Gasteiger charge is 2.28. The van der Waals surface area contributed by atoms with Gasteiger partial charge in [-0.15, -0.1) is 5.10 Å². The summed E-state index contributed by atoms with van der Waals surface area (Å²) in [7, 11) is -2.66. The molecule has 1 aromatic heterocycles. The highest BCUT2D eigenvalue weighted by molar-refractivity contribution is 9.10. The highest BCUT2D eigenvalue weighted by atomic mass is 79.9. The van der Waals surface area contributed by atoms with E-state index in [0.717, 1.165) is 16.8 Å². The molecule has 2 aromatic rings. The number of hydrogen-bond donors (Lipinski definition) is 1. The molecule has 114 valence electrons. The van der Waals surface area contributed by atoms with Crippen molar-refractivity contribution in [2.75, 3.05) is 0 Å². The summed E-state index contributed by atoms with van der Waals surface area (Å²) in [6.07, 6.45) is 0. The fourth-order valence-electron chi connectivity index (χ4n) is 1.88. The maximum Gasteiger partial charge on any atom is 0.261 e. The number of nitrogens with one attached hydrogen (secondary N) is 1. The van der Waals surface area contributed by atoms with E-state index in [0.29, 0.717) is 0 Å². The van der Waals surface area contributed by atoms with Crippen LogP contribution in [-0.2, 0) is 17.1 Å². The van der Waals surface area contributed by atoms with Crippen LogP contribution in [0.3, 0.4) is 0 Å². The third kappa shape index (κ3) is 3.11. The zero-order valence-corrected chi connectivity index (χ0v) is 13.4. The van der Waals surface area contributed by atoms with Gasteiger partial charge in [-0.2, -0.15) is 0 Å². The van der Waals surface area contributed by atoms with Gasteiger partial charge in [0, 0.05) is 12.6 Å². The number of rotatable bonds is 4. The van der Waals surface area contributed by atoms with E-state index >= 15 is 0 Å². The van der Waals surface area contributed by atoms with Crippen molar-refractivity contribution < 1.29 is 17.2 Å². The zero-order valence-electron chi connectivity index (χ0n) is 11.0. The van der Waals surface area contributed by atoms with Gasteiger partial charge in [-0.05, 0) is 35.0 Å². The molecule has 0 fully saturated rings. The van der Waals surface area contributed by atoms with Gasteiger partial charge >= 0.3 is 0 Å². The van der Waals surface area contributed by atoms with E-state index in [9.17, 15) is 17.2 Å². The summed E-state index contributed by atoms with van der Waals surface area (Å²) in [4.78, 5) is 0. The van der Waals surface area contributed by atoms with Crippen LogP contribution in [0.1, 0.15) is 18.5 Å². The Morgan fingerprint density at radius 1 is 1.33 bits per heavy atom. The second-order valence-corrected chi connectivity index (χ2v) is 6.67. The Kier molecular flexibility index (Phi) is 4.40. The van der Waals surface area contributed by atoms with Crippen molar-refractivity contribution in [3.63, 3.8) is 0 Å². The van der Waals surface area contributed by atoms with Gasteiger partial charge in [0.2, 0.25) is 5.03 Å². The Bertz CT molecular complexity index is 739. The first-order valence-corrected chi connectivity index (χ1v) is 8.03. The number of halogens is 3. The van der Waals surface area contributed by atoms with Gasteiger partial charge in [0.25, 0.3) is 10.0 Å². The number of nitrogens with zero attached hydrogens (tertiary/aromatic N) is 3. The van der Waals surface area contributed by atoms with Crippen molar-refractivity contribution in [2.45, 2.75) is 18.0 Å².